The van der Waals surface area contributed by atoms with Crippen LogP contribution >= 0.6 is 15.9 Å². The monoisotopic (exact) mass is 553 g/mol. The van der Waals surface area contributed by atoms with Gasteiger partial charge in [0.2, 0.25) is 0 Å². The number of benzene rings is 3. The summed E-state index contributed by atoms with van der Waals surface area (Å²) in [5.41, 5.74) is 5.77. The third-order valence-corrected chi connectivity index (χ3v) is 7.03. The number of fused-ring (bicyclic) bond motifs is 4. The molecule has 37 heavy (non-hydrogen) atoms. The van der Waals surface area contributed by atoms with E-state index in [4.69, 9.17) is 9.97 Å². The average Bonchev–Trinajstić information content (AvgIpc) is 3.35. The number of amides is 2. The van der Waals surface area contributed by atoms with Crippen molar-refractivity contribution < 1.29 is 14.7 Å². The number of hydrazone groups is 1. The first-order valence-corrected chi connectivity index (χ1v) is 12.4. The fraction of sp³-hybridized carbons (Fsp3) is 0.107. The molecule has 1 aliphatic rings. The first-order chi connectivity index (χ1) is 17.8. The van der Waals surface area contributed by atoms with E-state index in [0.717, 1.165) is 31.5 Å². The second-order valence-electron chi connectivity index (χ2n) is 8.88. The summed E-state index contributed by atoms with van der Waals surface area (Å²) in [5.74, 6) is -0.821. The third kappa shape index (κ3) is 3.79. The molecule has 6 rings (SSSR count). The number of phenolic OH excluding ortho intramolecular Hbond substituents is 1. The molecule has 8 nitrogen and oxygen atoms in total. The first kappa shape index (κ1) is 23.1. The zero-order valence-corrected chi connectivity index (χ0v) is 21.5. The molecule has 0 aliphatic carbocycles. The number of carbonyl (C=O) groups excluding carboxylic acids is 2. The van der Waals surface area contributed by atoms with E-state index < -0.39 is 11.8 Å². The van der Waals surface area contributed by atoms with Gasteiger partial charge < -0.3 is 9.67 Å². The second-order valence-corrected chi connectivity index (χ2v) is 9.79. The summed E-state index contributed by atoms with van der Waals surface area (Å²) in [4.78, 5) is 36.5. The molecule has 0 saturated heterocycles. The maximum atomic E-state index is 13.5. The summed E-state index contributed by atoms with van der Waals surface area (Å²) in [5, 5.41) is 15.7. The first-order valence-electron chi connectivity index (χ1n) is 11.6. The van der Waals surface area contributed by atoms with Gasteiger partial charge in [-0.1, -0.05) is 40.2 Å². The summed E-state index contributed by atoms with van der Waals surface area (Å²) in [6.45, 7) is 3.38. The van der Waals surface area contributed by atoms with Crippen LogP contribution in [0.3, 0.4) is 0 Å². The summed E-state index contributed by atoms with van der Waals surface area (Å²) in [6.07, 6.45) is 0. The van der Waals surface area contributed by atoms with Gasteiger partial charge in [0.05, 0.1) is 27.8 Å². The van der Waals surface area contributed by atoms with E-state index in [-0.39, 0.29) is 12.3 Å². The molecular weight excluding hydrogens is 534 g/mol. The maximum Gasteiger partial charge on any atom is 0.283 e. The predicted octanol–water partition coefficient (Wildman–Crippen LogP) is 5.42. The number of imide groups is 1. The van der Waals surface area contributed by atoms with Gasteiger partial charge in [0.25, 0.3) is 11.8 Å². The fourth-order valence-corrected chi connectivity index (χ4v) is 5.09. The van der Waals surface area contributed by atoms with Crippen molar-refractivity contribution in [2.75, 3.05) is 0 Å². The second kappa shape index (κ2) is 8.63. The molecule has 5 aromatic rings. The number of aromatic nitrogens is 3. The van der Waals surface area contributed by atoms with E-state index in [2.05, 4.69) is 21.0 Å². The molecule has 0 atom stereocenters. The van der Waals surface area contributed by atoms with Crippen LogP contribution in [0.1, 0.15) is 19.4 Å². The van der Waals surface area contributed by atoms with E-state index in [1.165, 1.54) is 0 Å². The minimum absolute atomic E-state index is 0.135. The van der Waals surface area contributed by atoms with Gasteiger partial charge in [-0.05, 0) is 67.4 Å². The van der Waals surface area contributed by atoms with Gasteiger partial charge in [-0.15, -0.1) is 0 Å². The summed E-state index contributed by atoms with van der Waals surface area (Å²) in [7, 11) is 0. The lowest BCUT2D eigenvalue weighted by Crippen LogP contribution is -2.32. The highest BCUT2D eigenvalue weighted by Gasteiger charge is 2.34. The highest BCUT2D eigenvalue weighted by Crippen LogP contribution is 2.32. The predicted molar refractivity (Wildman–Crippen MR) is 146 cm³/mol. The van der Waals surface area contributed by atoms with Crippen molar-refractivity contribution >= 4 is 72.1 Å². The lowest BCUT2D eigenvalue weighted by Gasteiger charge is -2.13. The van der Waals surface area contributed by atoms with E-state index in [1.54, 1.807) is 42.7 Å². The molecule has 3 heterocycles. The number of para-hydroxylation sites is 2. The summed E-state index contributed by atoms with van der Waals surface area (Å²) < 4.78 is 2.67. The number of aromatic hydroxyl groups is 1. The quantitative estimate of drug-likeness (QED) is 0.300. The largest absolute Gasteiger partial charge is 0.508 e. The third-order valence-electron chi connectivity index (χ3n) is 6.54. The molecule has 0 spiro atoms. The van der Waals surface area contributed by atoms with Crippen molar-refractivity contribution in [2.45, 2.75) is 20.4 Å². The number of phenols is 1. The lowest BCUT2D eigenvalue weighted by atomic mass is 9.98. The molecular formula is C28H20BrN5O3. The van der Waals surface area contributed by atoms with Crippen LogP contribution in [0.5, 0.6) is 5.75 Å². The molecule has 0 bridgehead atoms. The zero-order chi connectivity index (χ0) is 25.8. The van der Waals surface area contributed by atoms with Gasteiger partial charge in [0, 0.05) is 9.86 Å². The molecule has 182 valence electrons. The van der Waals surface area contributed by atoms with Crippen molar-refractivity contribution in [3.05, 3.63) is 82.3 Å². The van der Waals surface area contributed by atoms with Gasteiger partial charge in [-0.2, -0.15) is 10.1 Å². The van der Waals surface area contributed by atoms with Gasteiger partial charge in [0.15, 0.2) is 5.65 Å². The Morgan fingerprint density at radius 3 is 2.43 bits per heavy atom. The maximum absolute atomic E-state index is 13.5. The number of hydrogen-bond donors (Lipinski definition) is 1. The van der Waals surface area contributed by atoms with E-state index in [0.29, 0.717) is 33.5 Å². The minimum atomic E-state index is -0.479. The van der Waals surface area contributed by atoms with Crippen LogP contribution in [0.25, 0.3) is 38.7 Å². The molecule has 0 saturated carbocycles. The van der Waals surface area contributed by atoms with Crippen molar-refractivity contribution in [3.8, 4) is 5.75 Å². The zero-order valence-electron chi connectivity index (χ0n) is 19.9. The summed E-state index contributed by atoms with van der Waals surface area (Å²) in [6, 6.07) is 19.9. The average molecular weight is 554 g/mol. The molecule has 0 unspecified atom stereocenters. The van der Waals surface area contributed by atoms with Crippen molar-refractivity contribution in [1.29, 1.82) is 0 Å². The Labute approximate surface area is 219 Å². The molecule has 0 fully saturated rings. The molecule has 3 aromatic carbocycles. The van der Waals surface area contributed by atoms with Crippen molar-refractivity contribution in [2.24, 2.45) is 5.10 Å². The van der Waals surface area contributed by atoms with Crippen LogP contribution in [0.2, 0.25) is 0 Å². The van der Waals surface area contributed by atoms with Crippen LogP contribution in [-0.2, 0) is 16.1 Å². The van der Waals surface area contributed by atoms with Crippen LogP contribution in [0, 0.1) is 0 Å². The van der Waals surface area contributed by atoms with E-state index >= 15 is 0 Å². The Bertz CT molecular complexity index is 1840. The molecule has 2 amide bonds. The van der Waals surface area contributed by atoms with Crippen LogP contribution < -0.4 is 0 Å². The van der Waals surface area contributed by atoms with Crippen LogP contribution in [0.15, 0.2) is 81.9 Å². The number of carbonyl (C=O) groups is 2. The normalized spacial score (nSPS) is 15.2. The Hall–Kier alpha value is -4.37. The molecule has 9 heteroatoms. The van der Waals surface area contributed by atoms with Crippen LogP contribution in [0.4, 0.5) is 0 Å². The highest BCUT2D eigenvalue weighted by atomic mass is 79.9. The Morgan fingerprint density at radius 1 is 1.00 bits per heavy atom. The van der Waals surface area contributed by atoms with E-state index in [1.807, 2.05) is 42.5 Å². The molecule has 1 N–H and O–H groups in total. The van der Waals surface area contributed by atoms with Gasteiger partial charge in [-0.3, -0.25) is 9.59 Å². The Kier molecular flexibility index (Phi) is 5.38. The number of rotatable bonds is 3. The molecule has 0 radical (unpaired) electrons. The molecule has 2 aromatic heterocycles. The SMILES string of the molecule is CC1=NN(C(=O)Cn2c3ccc(Br)cc3c3nc4ccccc4nc32)C(=O)/C1=C(\C)c1ccc(O)cc1. The molecule has 1 aliphatic heterocycles. The Morgan fingerprint density at radius 2 is 1.70 bits per heavy atom. The van der Waals surface area contributed by atoms with Gasteiger partial charge >= 0.3 is 0 Å². The van der Waals surface area contributed by atoms with Crippen LogP contribution in [-0.4, -0.2) is 42.2 Å². The van der Waals surface area contributed by atoms with E-state index in [9.17, 15) is 14.7 Å². The number of halogens is 1. The lowest BCUT2D eigenvalue weighted by molar-refractivity contribution is -0.141. The van der Waals surface area contributed by atoms with Gasteiger partial charge in [0.1, 0.15) is 17.8 Å². The smallest absolute Gasteiger partial charge is 0.283 e. The standard InChI is InChI=1S/C28H20BrN5O3/c1-15(17-7-10-19(35)11-8-17)25-16(2)32-34(28(25)37)24(36)14-33-23-12-9-18(29)13-20(23)26-27(33)31-22-6-4-3-5-21(22)30-26/h3-13,35H,14H2,1-2H3/b25-15+. The fourth-order valence-electron chi connectivity index (χ4n) is 4.73. The topological polar surface area (TPSA) is 101 Å². The number of hydrogen-bond acceptors (Lipinski definition) is 6. The van der Waals surface area contributed by atoms with Gasteiger partial charge in [-0.25, -0.2) is 9.97 Å². The summed E-state index contributed by atoms with van der Waals surface area (Å²) >= 11 is 3.53. The Balaban J connectivity index is 1.42. The van der Waals surface area contributed by atoms with Crippen molar-refractivity contribution in [1.82, 2.24) is 19.5 Å². The highest BCUT2D eigenvalue weighted by molar-refractivity contribution is 9.10. The number of allylic oxidation sites excluding steroid dienone is 1. The van der Waals surface area contributed by atoms with Crippen molar-refractivity contribution in [3.63, 3.8) is 0 Å². The number of nitrogens with zero attached hydrogens (tertiary/aromatic N) is 5. The minimum Gasteiger partial charge on any atom is -0.508 e.